The fraction of sp³-hybridized carbons (Fsp3) is 0.667. The predicted molar refractivity (Wildman–Crippen MR) is 87.5 cm³/mol. The second-order valence-electron chi connectivity index (χ2n) is 6.76. The van der Waals surface area contributed by atoms with Crippen LogP contribution in [-0.2, 0) is 16.0 Å². The molecule has 1 aromatic heterocycles. The van der Waals surface area contributed by atoms with E-state index in [-0.39, 0.29) is 17.9 Å². The van der Waals surface area contributed by atoms with E-state index in [1.807, 2.05) is 30.9 Å². The molecule has 1 spiro atoms. The van der Waals surface area contributed by atoms with E-state index < -0.39 is 0 Å². The lowest BCUT2D eigenvalue weighted by Gasteiger charge is -2.39. The van der Waals surface area contributed by atoms with Gasteiger partial charge in [0, 0.05) is 30.8 Å². The van der Waals surface area contributed by atoms with Crippen molar-refractivity contribution in [3.63, 3.8) is 0 Å². The monoisotopic (exact) mass is 318 g/mol. The Morgan fingerprint density at radius 1 is 1.43 bits per heavy atom. The highest BCUT2D eigenvalue weighted by molar-refractivity contribution is 5.78. The predicted octanol–water partition coefficient (Wildman–Crippen LogP) is 2.36. The summed E-state index contributed by atoms with van der Waals surface area (Å²) in [5, 5.41) is 0. The first kappa shape index (κ1) is 16.2. The largest absolute Gasteiger partial charge is 0.482 e. The highest BCUT2D eigenvalue weighted by Crippen LogP contribution is 2.37. The number of carbonyl (C=O) groups is 1. The van der Waals surface area contributed by atoms with E-state index in [1.54, 1.807) is 0 Å². The first-order valence-corrected chi connectivity index (χ1v) is 8.57. The van der Waals surface area contributed by atoms with E-state index in [9.17, 15) is 4.79 Å². The van der Waals surface area contributed by atoms with Gasteiger partial charge in [0.1, 0.15) is 5.75 Å². The Morgan fingerprint density at radius 3 is 3.04 bits per heavy atom. The zero-order chi connectivity index (χ0) is 16.3. The molecule has 3 heterocycles. The van der Waals surface area contributed by atoms with Gasteiger partial charge in [-0.1, -0.05) is 6.92 Å². The van der Waals surface area contributed by atoms with Gasteiger partial charge in [-0.15, -0.1) is 0 Å². The number of rotatable bonds is 4. The van der Waals surface area contributed by atoms with Gasteiger partial charge < -0.3 is 14.4 Å². The minimum Gasteiger partial charge on any atom is -0.482 e. The van der Waals surface area contributed by atoms with Crippen molar-refractivity contribution < 1.29 is 14.3 Å². The first-order chi connectivity index (χ1) is 11.1. The van der Waals surface area contributed by atoms with Gasteiger partial charge in [0.2, 0.25) is 0 Å². The molecule has 0 unspecified atom stereocenters. The Bertz CT molecular complexity index is 567. The molecule has 0 bridgehead atoms. The second-order valence-corrected chi connectivity index (χ2v) is 6.76. The van der Waals surface area contributed by atoms with E-state index in [4.69, 9.17) is 9.47 Å². The van der Waals surface area contributed by atoms with Gasteiger partial charge in [0.25, 0.3) is 5.91 Å². The van der Waals surface area contributed by atoms with Crippen LogP contribution >= 0.6 is 0 Å². The number of likely N-dealkylation sites (tertiary alicyclic amines) is 1. The maximum Gasteiger partial charge on any atom is 0.260 e. The van der Waals surface area contributed by atoms with E-state index in [2.05, 4.69) is 4.98 Å². The number of nitrogens with zero attached hydrogens (tertiary/aromatic N) is 2. The molecule has 0 N–H and O–H groups in total. The number of ether oxygens (including phenoxy) is 2. The summed E-state index contributed by atoms with van der Waals surface area (Å²) in [7, 11) is 0. The minimum absolute atomic E-state index is 0.0682. The van der Waals surface area contributed by atoms with Crippen LogP contribution in [0.4, 0.5) is 0 Å². The summed E-state index contributed by atoms with van der Waals surface area (Å²) in [6.07, 6.45) is 4.09. The Kier molecular flexibility index (Phi) is 4.85. The third kappa shape index (κ3) is 3.66. The van der Waals surface area contributed by atoms with Crippen LogP contribution in [0.2, 0.25) is 0 Å². The quantitative estimate of drug-likeness (QED) is 0.855. The van der Waals surface area contributed by atoms with Crippen LogP contribution in [0.15, 0.2) is 12.1 Å². The lowest BCUT2D eigenvalue weighted by atomic mass is 9.79. The highest BCUT2D eigenvalue weighted by atomic mass is 16.5. The maximum atomic E-state index is 12.5. The Hall–Kier alpha value is -1.62. The normalized spacial score (nSPS) is 24.2. The van der Waals surface area contributed by atoms with Crippen LogP contribution < -0.4 is 4.74 Å². The van der Waals surface area contributed by atoms with E-state index in [0.29, 0.717) is 0 Å². The van der Waals surface area contributed by atoms with Crippen molar-refractivity contribution in [1.82, 2.24) is 9.88 Å². The van der Waals surface area contributed by atoms with Gasteiger partial charge in [0.05, 0.1) is 12.3 Å². The summed E-state index contributed by atoms with van der Waals surface area (Å²) in [5.74, 6) is 0.793. The number of hydrogen-bond acceptors (Lipinski definition) is 4. The Morgan fingerprint density at radius 2 is 2.30 bits per heavy atom. The smallest absolute Gasteiger partial charge is 0.260 e. The number of aryl methyl sites for hydroxylation is 2. The molecule has 2 saturated heterocycles. The van der Waals surface area contributed by atoms with Gasteiger partial charge in [-0.05, 0) is 44.7 Å². The molecule has 5 nitrogen and oxygen atoms in total. The molecule has 3 rings (SSSR count). The standard InChI is InChI=1S/C18H26N2O3/c1-3-15-16(6-5-14(2)19-15)23-11-17(21)20-9-4-7-18(12-20)8-10-22-13-18/h5-6H,3-4,7-13H2,1-2H3/t18-/m1/s1. The van der Waals surface area contributed by atoms with Crippen molar-refractivity contribution in [2.75, 3.05) is 32.9 Å². The SMILES string of the molecule is CCc1nc(C)ccc1OCC(=O)N1CCC[C@@]2(CCOC2)C1. The van der Waals surface area contributed by atoms with Crippen LogP contribution in [0.1, 0.15) is 37.6 Å². The van der Waals surface area contributed by atoms with Crippen LogP contribution in [0, 0.1) is 12.3 Å². The first-order valence-electron chi connectivity index (χ1n) is 8.57. The van der Waals surface area contributed by atoms with Crippen molar-refractivity contribution >= 4 is 5.91 Å². The lowest BCUT2D eigenvalue weighted by molar-refractivity contribution is -0.137. The summed E-state index contributed by atoms with van der Waals surface area (Å²) < 4.78 is 11.3. The third-order valence-corrected chi connectivity index (χ3v) is 4.96. The van der Waals surface area contributed by atoms with Crippen molar-refractivity contribution in [3.8, 4) is 5.75 Å². The maximum absolute atomic E-state index is 12.5. The van der Waals surface area contributed by atoms with Gasteiger partial charge >= 0.3 is 0 Å². The number of aromatic nitrogens is 1. The van der Waals surface area contributed by atoms with Gasteiger partial charge in [-0.2, -0.15) is 0 Å². The third-order valence-electron chi connectivity index (χ3n) is 4.96. The molecule has 1 aromatic rings. The molecule has 0 saturated carbocycles. The minimum atomic E-state index is 0.0682. The zero-order valence-electron chi connectivity index (χ0n) is 14.1. The van der Waals surface area contributed by atoms with E-state index in [0.717, 1.165) is 62.7 Å². The Labute approximate surface area is 138 Å². The zero-order valence-corrected chi connectivity index (χ0v) is 14.1. The molecule has 5 heteroatoms. The number of pyridine rings is 1. The molecule has 126 valence electrons. The summed E-state index contributed by atoms with van der Waals surface area (Å²) in [4.78, 5) is 18.9. The molecule has 2 fully saturated rings. The average Bonchev–Trinajstić information content (AvgIpc) is 3.00. The summed E-state index contributed by atoms with van der Waals surface area (Å²) in [6.45, 7) is 7.36. The number of amides is 1. The number of piperidine rings is 1. The molecule has 23 heavy (non-hydrogen) atoms. The molecular weight excluding hydrogens is 292 g/mol. The average molecular weight is 318 g/mol. The van der Waals surface area contributed by atoms with Crippen LogP contribution in [0.5, 0.6) is 5.75 Å². The summed E-state index contributed by atoms with van der Waals surface area (Å²) >= 11 is 0. The van der Waals surface area contributed by atoms with Gasteiger partial charge in [-0.25, -0.2) is 0 Å². The van der Waals surface area contributed by atoms with Crippen molar-refractivity contribution in [3.05, 3.63) is 23.5 Å². The fourth-order valence-corrected chi connectivity index (χ4v) is 3.61. The summed E-state index contributed by atoms with van der Waals surface area (Å²) in [5.41, 5.74) is 2.07. The van der Waals surface area contributed by atoms with Crippen molar-refractivity contribution in [2.24, 2.45) is 5.41 Å². The molecule has 1 atom stereocenters. The molecule has 0 aromatic carbocycles. The lowest BCUT2D eigenvalue weighted by Crippen LogP contribution is -2.48. The molecule has 2 aliphatic rings. The molecule has 0 radical (unpaired) electrons. The highest BCUT2D eigenvalue weighted by Gasteiger charge is 2.40. The molecule has 0 aliphatic carbocycles. The van der Waals surface area contributed by atoms with Crippen molar-refractivity contribution in [1.29, 1.82) is 0 Å². The van der Waals surface area contributed by atoms with E-state index in [1.165, 1.54) is 6.42 Å². The number of hydrogen-bond donors (Lipinski definition) is 0. The van der Waals surface area contributed by atoms with Crippen molar-refractivity contribution in [2.45, 2.75) is 39.5 Å². The summed E-state index contributed by atoms with van der Waals surface area (Å²) in [6, 6.07) is 3.83. The molecule has 1 amide bonds. The van der Waals surface area contributed by atoms with E-state index >= 15 is 0 Å². The Balaban J connectivity index is 1.59. The van der Waals surface area contributed by atoms with Gasteiger partial charge in [-0.3, -0.25) is 9.78 Å². The molecular formula is C18H26N2O3. The van der Waals surface area contributed by atoms with Crippen LogP contribution in [0.3, 0.4) is 0 Å². The van der Waals surface area contributed by atoms with Gasteiger partial charge in [0.15, 0.2) is 6.61 Å². The second kappa shape index (κ2) is 6.87. The number of carbonyl (C=O) groups excluding carboxylic acids is 1. The fourth-order valence-electron chi connectivity index (χ4n) is 3.61. The molecule has 2 aliphatic heterocycles. The van der Waals surface area contributed by atoms with Crippen LogP contribution in [-0.4, -0.2) is 48.7 Å². The van der Waals surface area contributed by atoms with Crippen LogP contribution in [0.25, 0.3) is 0 Å². The topological polar surface area (TPSA) is 51.7 Å².